The van der Waals surface area contributed by atoms with E-state index in [0.29, 0.717) is 10.7 Å². The van der Waals surface area contributed by atoms with Crippen LogP contribution in [-0.2, 0) is 17.5 Å². The Kier molecular flexibility index (Phi) is 6.93. The van der Waals surface area contributed by atoms with Crippen molar-refractivity contribution < 1.29 is 22.7 Å². The zero-order chi connectivity index (χ0) is 21.0. The van der Waals surface area contributed by atoms with E-state index in [4.69, 9.17) is 27.9 Å². The highest BCUT2D eigenvalue weighted by molar-refractivity contribution is 6.32. The zero-order valence-electron chi connectivity index (χ0n) is 15.4. The molecule has 4 nitrogen and oxygen atoms in total. The monoisotopic (exact) mass is 446 g/mol. The Hall–Kier alpha value is -1.96. The molecule has 0 radical (unpaired) electrons. The van der Waals surface area contributed by atoms with Crippen LogP contribution >= 0.6 is 23.2 Å². The SMILES string of the molecule is O=C(COc1ccc(C(F)(F)F)cc1Cl)Nc1ccc(CN2CCCC2)c(Cl)c1. The summed E-state index contributed by atoms with van der Waals surface area (Å²) < 4.78 is 43.2. The Morgan fingerprint density at radius 1 is 1.07 bits per heavy atom. The largest absolute Gasteiger partial charge is 0.482 e. The van der Waals surface area contributed by atoms with Gasteiger partial charge in [0.1, 0.15) is 5.75 Å². The minimum Gasteiger partial charge on any atom is -0.482 e. The van der Waals surface area contributed by atoms with E-state index in [-0.39, 0.29) is 10.8 Å². The van der Waals surface area contributed by atoms with E-state index in [1.807, 2.05) is 6.07 Å². The Labute approximate surface area is 176 Å². The molecular formula is C20H19Cl2F3N2O2. The molecule has 1 saturated heterocycles. The molecule has 1 heterocycles. The van der Waals surface area contributed by atoms with E-state index in [0.717, 1.165) is 43.4 Å². The van der Waals surface area contributed by atoms with Crippen LogP contribution in [0.5, 0.6) is 5.75 Å². The molecule has 156 valence electrons. The van der Waals surface area contributed by atoms with Crippen LogP contribution in [0.2, 0.25) is 10.0 Å². The number of likely N-dealkylation sites (tertiary alicyclic amines) is 1. The van der Waals surface area contributed by atoms with Crippen LogP contribution in [0.4, 0.5) is 18.9 Å². The average molecular weight is 447 g/mol. The summed E-state index contributed by atoms with van der Waals surface area (Å²) >= 11 is 12.1. The Morgan fingerprint density at radius 2 is 1.79 bits per heavy atom. The van der Waals surface area contributed by atoms with Gasteiger partial charge in [-0.15, -0.1) is 0 Å². The van der Waals surface area contributed by atoms with Gasteiger partial charge in [0.15, 0.2) is 6.61 Å². The van der Waals surface area contributed by atoms with Gasteiger partial charge in [0.05, 0.1) is 10.6 Å². The number of amides is 1. The van der Waals surface area contributed by atoms with Crippen molar-refractivity contribution >= 4 is 34.8 Å². The van der Waals surface area contributed by atoms with Gasteiger partial charge >= 0.3 is 6.18 Å². The third-order valence-corrected chi connectivity index (χ3v) is 5.19. The molecule has 0 saturated carbocycles. The highest BCUT2D eigenvalue weighted by atomic mass is 35.5. The molecular weight excluding hydrogens is 428 g/mol. The predicted octanol–water partition coefficient (Wildman–Crippen LogP) is 5.63. The van der Waals surface area contributed by atoms with Gasteiger partial charge in [0.2, 0.25) is 0 Å². The molecule has 3 rings (SSSR count). The second-order valence-electron chi connectivity index (χ2n) is 6.77. The summed E-state index contributed by atoms with van der Waals surface area (Å²) in [4.78, 5) is 14.4. The first kappa shape index (κ1) is 21.7. The van der Waals surface area contributed by atoms with Crippen LogP contribution in [0.15, 0.2) is 36.4 Å². The fourth-order valence-electron chi connectivity index (χ4n) is 3.07. The van der Waals surface area contributed by atoms with E-state index in [1.54, 1.807) is 12.1 Å². The number of ether oxygens (including phenoxy) is 1. The molecule has 0 aliphatic carbocycles. The standard InChI is InChI=1S/C20H19Cl2F3N2O2/c21-16-10-15(5-3-13(16)11-27-7-1-2-8-27)26-19(28)12-29-18-6-4-14(9-17(18)22)20(23,24)25/h3-6,9-10H,1-2,7-8,11-12H2,(H,26,28). The first-order valence-corrected chi connectivity index (χ1v) is 9.78. The number of nitrogens with one attached hydrogen (secondary N) is 1. The summed E-state index contributed by atoms with van der Waals surface area (Å²) in [6, 6.07) is 7.97. The molecule has 2 aromatic rings. The molecule has 9 heteroatoms. The fraction of sp³-hybridized carbons (Fsp3) is 0.350. The first-order chi connectivity index (χ1) is 13.7. The minimum atomic E-state index is -4.50. The maximum atomic E-state index is 12.7. The molecule has 0 bridgehead atoms. The van der Waals surface area contributed by atoms with Crippen molar-refractivity contribution in [1.29, 1.82) is 0 Å². The lowest BCUT2D eigenvalue weighted by Gasteiger charge is -2.16. The zero-order valence-corrected chi connectivity index (χ0v) is 16.9. The second-order valence-corrected chi connectivity index (χ2v) is 7.58. The number of anilines is 1. The Morgan fingerprint density at radius 3 is 2.41 bits per heavy atom. The van der Waals surface area contributed by atoms with Crippen LogP contribution < -0.4 is 10.1 Å². The summed E-state index contributed by atoms with van der Waals surface area (Å²) in [6.45, 7) is 2.47. The third-order valence-electron chi connectivity index (χ3n) is 4.55. The second kappa shape index (κ2) is 9.24. The van der Waals surface area contributed by atoms with Crippen molar-refractivity contribution in [3.05, 3.63) is 57.6 Å². The summed E-state index contributed by atoms with van der Waals surface area (Å²) in [5, 5.41) is 2.98. The van der Waals surface area contributed by atoms with E-state index in [1.165, 1.54) is 12.8 Å². The Balaban J connectivity index is 1.55. The summed E-state index contributed by atoms with van der Waals surface area (Å²) in [6.07, 6.45) is -2.12. The van der Waals surface area contributed by atoms with Crippen molar-refractivity contribution in [3.63, 3.8) is 0 Å². The van der Waals surface area contributed by atoms with E-state index < -0.39 is 24.3 Å². The van der Waals surface area contributed by atoms with E-state index >= 15 is 0 Å². The number of halogens is 5. The van der Waals surface area contributed by atoms with Gasteiger partial charge < -0.3 is 10.1 Å². The summed E-state index contributed by atoms with van der Waals surface area (Å²) in [5.74, 6) is -0.488. The molecule has 0 aromatic heterocycles. The van der Waals surface area contributed by atoms with Gasteiger partial charge in [-0.05, 0) is 61.8 Å². The topological polar surface area (TPSA) is 41.6 Å². The maximum absolute atomic E-state index is 12.7. The van der Waals surface area contributed by atoms with Gasteiger partial charge in [-0.3, -0.25) is 9.69 Å². The summed E-state index contributed by atoms with van der Waals surface area (Å²) in [7, 11) is 0. The number of hydrogen-bond acceptors (Lipinski definition) is 3. The number of benzene rings is 2. The number of alkyl halides is 3. The van der Waals surface area contributed by atoms with Crippen molar-refractivity contribution in [2.24, 2.45) is 0 Å². The van der Waals surface area contributed by atoms with E-state index in [2.05, 4.69) is 10.2 Å². The smallest absolute Gasteiger partial charge is 0.416 e. The van der Waals surface area contributed by atoms with Gasteiger partial charge in [-0.1, -0.05) is 29.3 Å². The molecule has 0 atom stereocenters. The van der Waals surface area contributed by atoms with Crippen LogP contribution in [0, 0.1) is 0 Å². The van der Waals surface area contributed by atoms with Crippen LogP contribution in [0.3, 0.4) is 0 Å². The van der Waals surface area contributed by atoms with Gasteiger partial charge in [0, 0.05) is 17.3 Å². The van der Waals surface area contributed by atoms with Crippen molar-refractivity contribution in [3.8, 4) is 5.75 Å². The number of nitrogens with zero attached hydrogens (tertiary/aromatic N) is 1. The molecule has 1 aliphatic rings. The number of hydrogen-bond donors (Lipinski definition) is 1. The summed E-state index contributed by atoms with van der Waals surface area (Å²) in [5.41, 5.74) is 0.606. The average Bonchev–Trinajstić information content (AvgIpc) is 3.15. The molecule has 1 fully saturated rings. The number of carbonyl (C=O) groups is 1. The molecule has 0 unspecified atom stereocenters. The van der Waals surface area contributed by atoms with Gasteiger partial charge in [-0.25, -0.2) is 0 Å². The van der Waals surface area contributed by atoms with Crippen LogP contribution in [-0.4, -0.2) is 30.5 Å². The molecule has 2 aromatic carbocycles. The fourth-order valence-corrected chi connectivity index (χ4v) is 3.54. The van der Waals surface area contributed by atoms with Crippen LogP contribution in [0.25, 0.3) is 0 Å². The molecule has 1 amide bonds. The number of carbonyl (C=O) groups excluding carboxylic acids is 1. The normalized spacial score (nSPS) is 14.8. The van der Waals surface area contributed by atoms with Crippen LogP contribution in [0.1, 0.15) is 24.0 Å². The van der Waals surface area contributed by atoms with Crippen molar-refractivity contribution in [2.75, 3.05) is 25.0 Å². The predicted molar refractivity (Wildman–Crippen MR) is 107 cm³/mol. The maximum Gasteiger partial charge on any atom is 0.416 e. The molecule has 0 spiro atoms. The van der Waals surface area contributed by atoms with Crippen molar-refractivity contribution in [1.82, 2.24) is 4.90 Å². The van der Waals surface area contributed by atoms with Crippen molar-refractivity contribution in [2.45, 2.75) is 25.6 Å². The van der Waals surface area contributed by atoms with Gasteiger partial charge in [-0.2, -0.15) is 13.2 Å². The minimum absolute atomic E-state index is 0.00573. The first-order valence-electron chi connectivity index (χ1n) is 9.02. The Bertz CT molecular complexity index is 885. The molecule has 29 heavy (non-hydrogen) atoms. The highest BCUT2D eigenvalue weighted by Gasteiger charge is 2.31. The quantitative estimate of drug-likeness (QED) is 0.625. The lowest BCUT2D eigenvalue weighted by molar-refractivity contribution is -0.137. The lowest BCUT2D eigenvalue weighted by Crippen LogP contribution is -2.21. The molecule has 1 aliphatic heterocycles. The molecule has 1 N–H and O–H groups in total. The number of rotatable bonds is 6. The third kappa shape index (κ3) is 6.01. The highest BCUT2D eigenvalue weighted by Crippen LogP contribution is 2.34. The van der Waals surface area contributed by atoms with E-state index in [9.17, 15) is 18.0 Å². The van der Waals surface area contributed by atoms with Gasteiger partial charge in [0.25, 0.3) is 5.91 Å². The lowest BCUT2D eigenvalue weighted by atomic mass is 10.2.